The van der Waals surface area contributed by atoms with E-state index in [4.69, 9.17) is 9.47 Å². The van der Waals surface area contributed by atoms with Gasteiger partial charge in [0, 0.05) is 22.2 Å². The van der Waals surface area contributed by atoms with Gasteiger partial charge in [-0.1, -0.05) is 18.2 Å². The van der Waals surface area contributed by atoms with Gasteiger partial charge in [0.25, 0.3) is 0 Å². The van der Waals surface area contributed by atoms with Crippen molar-refractivity contribution in [3.05, 3.63) is 65.6 Å². The van der Waals surface area contributed by atoms with E-state index in [0.29, 0.717) is 11.3 Å². The molecule has 2 aromatic carbocycles. The van der Waals surface area contributed by atoms with Crippen LogP contribution in [0.2, 0.25) is 0 Å². The average molecular weight is 341 g/mol. The van der Waals surface area contributed by atoms with E-state index in [9.17, 15) is 14.0 Å². The first-order chi connectivity index (χ1) is 12.0. The van der Waals surface area contributed by atoms with E-state index in [1.807, 2.05) is 24.3 Å². The fraction of sp³-hybridized carbons (Fsp3) is 0.158. The highest BCUT2D eigenvalue weighted by atomic mass is 19.1. The third kappa shape index (κ3) is 3.85. The Bertz CT molecular complexity index is 915. The number of esters is 1. The van der Waals surface area contributed by atoms with Crippen molar-refractivity contribution in [1.82, 2.24) is 4.98 Å². The van der Waals surface area contributed by atoms with Gasteiger partial charge in [0.1, 0.15) is 11.6 Å². The number of ether oxygens (including phenoxy) is 2. The number of nitrogens with one attached hydrogen (secondary N) is 1. The number of hydrogen-bond donors (Lipinski definition) is 1. The van der Waals surface area contributed by atoms with Crippen LogP contribution < -0.4 is 4.74 Å². The van der Waals surface area contributed by atoms with Crippen molar-refractivity contribution < 1.29 is 23.5 Å². The van der Waals surface area contributed by atoms with E-state index in [-0.39, 0.29) is 19.0 Å². The molecule has 0 saturated heterocycles. The van der Waals surface area contributed by atoms with Crippen molar-refractivity contribution in [2.24, 2.45) is 0 Å². The lowest BCUT2D eigenvalue weighted by molar-refractivity contribution is -0.144. The lowest BCUT2D eigenvalue weighted by Gasteiger charge is -2.07. The molecule has 128 valence electrons. The summed E-state index contributed by atoms with van der Waals surface area (Å²) in [6, 6.07) is 12.7. The Morgan fingerprint density at radius 2 is 1.76 bits per heavy atom. The first-order valence-electron chi connectivity index (χ1n) is 7.69. The molecule has 0 spiro atoms. The molecule has 1 N–H and O–H groups in total. The van der Waals surface area contributed by atoms with Crippen molar-refractivity contribution in [1.29, 1.82) is 0 Å². The third-order valence-electron chi connectivity index (χ3n) is 3.71. The fourth-order valence-electron chi connectivity index (χ4n) is 2.57. The normalized spacial score (nSPS) is 10.6. The highest BCUT2D eigenvalue weighted by Crippen LogP contribution is 2.22. The van der Waals surface area contributed by atoms with Crippen LogP contribution in [-0.4, -0.2) is 30.0 Å². The Morgan fingerprint density at radius 1 is 1.04 bits per heavy atom. The molecule has 0 unspecified atom stereocenters. The quantitative estimate of drug-likeness (QED) is 0.551. The number of Topliss-reactive ketones (excluding diaryl/α,β-unsaturated/α-hetero) is 1. The number of aryl methyl sites for hydroxylation is 1. The second kappa shape index (κ2) is 7.17. The predicted octanol–water partition coefficient (Wildman–Crippen LogP) is 3.42. The Kier molecular flexibility index (Phi) is 4.79. The summed E-state index contributed by atoms with van der Waals surface area (Å²) in [5, 5.41) is 0.795. The number of para-hydroxylation sites is 1. The maximum Gasteiger partial charge on any atom is 0.344 e. The molecule has 1 aromatic heterocycles. The summed E-state index contributed by atoms with van der Waals surface area (Å²) < 4.78 is 22.9. The van der Waals surface area contributed by atoms with Gasteiger partial charge in [0.05, 0.1) is 0 Å². The second-order valence-electron chi connectivity index (χ2n) is 5.50. The highest BCUT2D eigenvalue weighted by molar-refractivity contribution is 6.10. The number of carbonyl (C=O) groups is 2. The standard InChI is InChI=1S/C19H16FNO4/c1-12-19(15-4-2-3-5-16(15)21-12)17(22)10-25-18(23)11-24-14-8-6-13(20)7-9-14/h2-9,21H,10-11H2,1H3. The molecular formula is C19H16FNO4. The SMILES string of the molecule is Cc1[nH]c2ccccc2c1C(=O)COC(=O)COc1ccc(F)cc1. The fourth-order valence-corrected chi connectivity index (χ4v) is 2.57. The zero-order chi connectivity index (χ0) is 17.8. The Labute approximate surface area is 143 Å². The number of aromatic nitrogens is 1. The predicted molar refractivity (Wildman–Crippen MR) is 90.2 cm³/mol. The van der Waals surface area contributed by atoms with Crippen LogP contribution in [0.3, 0.4) is 0 Å². The zero-order valence-corrected chi connectivity index (χ0v) is 13.5. The summed E-state index contributed by atoms with van der Waals surface area (Å²) in [7, 11) is 0. The monoisotopic (exact) mass is 341 g/mol. The van der Waals surface area contributed by atoms with E-state index in [1.165, 1.54) is 24.3 Å². The van der Waals surface area contributed by atoms with Gasteiger partial charge in [0.2, 0.25) is 5.78 Å². The summed E-state index contributed by atoms with van der Waals surface area (Å²) in [5.74, 6) is -1.01. The van der Waals surface area contributed by atoms with Crippen LogP contribution in [0.25, 0.3) is 10.9 Å². The van der Waals surface area contributed by atoms with Crippen LogP contribution in [0.4, 0.5) is 4.39 Å². The molecule has 0 atom stereocenters. The van der Waals surface area contributed by atoms with Crippen molar-refractivity contribution in [3.63, 3.8) is 0 Å². The molecule has 3 aromatic rings. The van der Waals surface area contributed by atoms with Gasteiger partial charge in [-0.05, 0) is 37.3 Å². The maximum atomic E-state index is 12.8. The molecule has 0 aliphatic carbocycles. The number of fused-ring (bicyclic) bond motifs is 1. The van der Waals surface area contributed by atoms with Gasteiger partial charge >= 0.3 is 5.97 Å². The summed E-state index contributed by atoms with van der Waals surface area (Å²) in [4.78, 5) is 27.2. The minimum Gasteiger partial charge on any atom is -0.482 e. The summed E-state index contributed by atoms with van der Waals surface area (Å²) in [5.41, 5.74) is 2.10. The van der Waals surface area contributed by atoms with E-state index in [2.05, 4.69) is 4.98 Å². The largest absolute Gasteiger partial charge is 0.482 e. The number of rotatable bonds is 6. The van der Waals surface area contributed by atoms with Gasteiger partial charge in [-0.2, -0.15) is 0 Å². The molecule has 0 saturated carbocycles. The van der Waals surface area contributed by atoms with E-state index < -0.39 is 11.8 Å². The Balaban J connectivity index is 1.57. The number of hydrogen-bond acceptors (Lipinski definition) is 4. The Hall–Kier alpha value is -3.15. The average Bonchev–Trinajstić information content (AvgIpc) is 2.95. The van der Waals surface area contributed by atoms with Gasteiger partial charge in [-0.3, -0.25) is 4.79 Å². The Morgan fingerprint density at radius 3 is 2.52 bits per heavy atom. The van der Waals surface area contributed by atoms with Crippen LogP contribution in [0.5, 0.6) is 5.75 Å². The van der Waals surface area contributed by atoms with Crippen molar-refractivity contribution in [2.75, 3.05) is 13.2 Å². The number of halogens is 1. The summed E-state index contributed by atoms with van der Waals surface area (Å²) >= 11 is 0. The smallest absolute Gasteiger partial charge is 0.344 e. The van der Waals surface area contributed by atoms with E-state index in [1.54, 1.807) is 6.92 Å². The van der Waals surface area contributed by atoms with Gasteiger partial charge in [0.15, 0.2) is 13.2 Å². The van der Waals surface area contributed by atoms with E-state index in [0.717, 1.165) is 16.6 Å². The lowest BCUT2D eigenvalue weighted by Crippen LogP contribution is -2.19. The number of carbonyl (C=O) groups excluding carboxylic acids is 2. The topological polar surface area (TPSA) is 68.4 Å². The van der Waals surface area contributed by atoms with Crippen LogP contribution >= 0.6 is 0 Å². The maximum absolute atomic E-state index is 12.8. The number of aromatic amines is 1. The molecule has 0 fully saturated rings. The molecule has 0 radical (unpaired) electrons. The summed E-state index contributed by atoms with van der Waals surface area (Å²) in [6.45, 7) is 1.08. The van der Waals surface area contributed by atoms with Gasteiger partial charge in [-0.15, -0.1) is 0 Å². The van der Waals surface area contributed by atoms with Crippen molar-refractivity contribution in [2.45, 2.75) is 6.92 Å². The van der Waals surface area contributed by atoms with Gasteiger partial charge in [-0.25, -0.2) is 9.18 Å². The molecule has 25 heavy (non-hydrogen) atoms. The first-order valence-corrected chi connectivity index (χ1v) is 7.69. The third-order valence-corrected chi connectivity index (χ3v) is 3.71. The minimum absolute atomic E-state index is 0.287. The van der Waals surface area contributed by atoms with E-state index >= 15 is 0 Å². The molecule has 5 nitrogen and oxygen atoms in total. The number of ketones is 1. The molecule has 0 aliphatic rings. The molecular weight excluding hydrogens is 325 g/mol. The highest BCUT2D eigenvalue weighted by Gasteiger charge is 2.17. The van der Waals surface area contributed by atoms with Gasteiger partial charge < -0.3 is 14.5 Å². The van der Waals surface area contributed by atoms with Crippen LogP contribution in [0.15, 0.2) is 48.5 Å². The second-order valence-corrected chi connectivity index (χ2v) is 5.50. The molecule has 6 heteroatoms. The molecule has 0 amide bonds. The molecule has 0 bridgehead atoms. The summed E-state index contributed by atoms with van der Waals surface area (Å²) in [6.07, 6.45) is 0. The van der Waals surface area contributed by atoms with Crippen molar-refractivity contribution >= 4 is 22.7 Å². The molecule has 3 rings (SSSR count). The lowest BCUT2D eigenvalue weighted by atomic mass is 10.1. The van der Waals surface area contributed by atoms with Crippen molar-refractivity contribution in [3.8, 4) is 5.75 Å². The van der Waals surface area contributed by atoms with Crippen LogP contribution in [0.1, 0.15) is 16.1 Å². The molecule has 1 heterocycles. The van der Waals surface area contributed by atoms with Crippen LogP contribution in [-0.2, 0) is 9.53 Å². The zero-order valence-electron chi connectivity index (χ0n) is 13.5. The number of H-pyrrole nitrogens is 1. The first kappa shape index (κ1) is 16.7. The number of benzene rings is 2. The van der Waals surface area contributed by atoms with Crippen LogP contribution in [0, 0.1) is 12.7 Å². The molecule has 0 aliphatic heterocycles. The minimum atomic E-state index is -0.671.